The summed E-state index contributed by atoms with van der Waals surface area (Å²) in [5.74, 6) is 0.716. The highest BCUT2D eigenvalue weighted by atomic mass is 14.8. The molecule has 0 bridgehead atoms. The number of nitrogens with zero attached hydrogens (tertiary/aromatic N) is 1. The minimum Gasteiger partial charge on any atom is -0.316 e. The van der Waals surface area contributed by atoms with Crippen LogP contribution in [-0.4, -0.2) is 18.1 Å². The van der Waals surface area contributed by atoms with Gasteiger partial charge >= 0.3 is 0 Å². The second-order valence-electron chi connectivity index (χ2n) is 5.68. The van der Waals surface area contributed by atoms with Gasteiger partial charge in [-0.2, -0.15) is 0 Å². The van der Waals surface area contributed by atoms with Crippen molar-refractivity contribution in [3.05, 3.63) is 48.2 Å². The Morgan fingerprint density at radius 3 is 2.95 bits per heavy atom. The Balaban J connectivity index is 1.97. The predicted molar refractivity (Wildman–Crippen MR) is 87.7 cm³/mol. The van der Waals surface area contributed by atoms with Crippen LogP contribution in [0.4, 0.5) is 0 Å². The Morgan fingerprint density at radius 1 is 1.30 bits per heavy atom. The molecule has 0 aliphatic rings. The zero-order chi connectivity index (χ0) is 14.4. The van der Waals surface area contributed by atoms with E-state index < -0.39 is 0 Å². The van der Waals surface area contributed by atoms with E-state index in [4.69, 9.17) is 0 Å². The van der Waals surface area contributed by atoms with Crippen LogP contribution in [0.2, 0.25) is 0 Å². The van der Waals surface area contributed by atoms with Crippen molar-refractivity contribution in [1.29, 1.82) is 0 Å². The molecule has 0 saturated heterocycles. The summed E-state index contributed by atoms with van der Waals surface area (Å²) in [6.45, 7) is 8.79. The minimum absolute atomic E-state index is 0.716. The molecule has 0 saturated carbocycles. The van der Waals surface area contributed by atoms with E-state index in [1.54, 1.807) is 0 Å². The average molecular weight is 268 g/mol. The highest BCUT2D eigenvalue weighted by Gasteiger charge is 1.99. The van der Waals surface area contributed by atoms with Crippen LogP contribution in [0.3, 0.4) is 0 Å². The Hall–Kier alpha value is -1.67. The van der Waals surface area contributed by atoms with Gasteiger partial charge in [-0.25, -0.2) is 0 Å². The molecule has 2 nitrogen and oxygen atoms in total. The van der Waals surface area contributed by atoms with Crippen LogP contribution in [0.5, 0.6) is 0 Å². The van der Waals surface area contributed by atoms with E-state index in [1.165, 1.54) is 16.5 Å². The number of allylic oxidation sites excluding steroid dienone is 1. The summed E-state index contributed by atoms with van der Waals surface area (Å²) in [7, 11) is 0. The normalized spacial score (nSPS) is 12.3. The zero-order valence-corrected chi connectivity index (χ0v) is 12.7. The van der Waals surface area contributed by atoms with Gasteiger partial charge in [0.15, 0.2) is 0 Å². The number of aromatic nitrogens is 1. The molecule has 0 spiro atoms. The smallest absolute Gasteiger partial charge is 0.0702 e. The molecule has 106 valence electrons. The molecule has 0 atom stereocenters. The maximum Gasteiger partial charge on any atom is 0.0702 e. The second kappa shape index (κ2) is 7.20. The summed E-state index contributed by atoms with van der Waals surface area (Å²) in [4.78, 5) is 4.36. The molecule has 2 aromatic rings. The lowest BCUT2D eigenvalue weighted by molar-refractivity contribution is 0.557. The molecule has 2 rings (SSSR count). The molecule has 1 N–H and O–H groups in total. The van der Waals surface area contributed by atoms with Crippen molar-refractivity contribution in [2.45, 2.75) is 27.2 Å². The summed E-state index contributed by atoms with van der Waals surface area (Å²) in [6, 6.07) is 10.6. The molecule has 0 radical (unpaired) electrons. The number of pyridine rings is 1. The topological polar surface area (TPSA) is 24.9 Å². The molecular weight excluding hydrogens is 244 g/mol. The van der Waals surface area contributed by atoms with Gasteiger partial charge in [0.25, 0.3) is 0 Å². The quantitative estimate of drug-likeness (QED) is 0.791. The van der Waals surface area contributed by atoms with Crippen LogP contribution in [-0.2, 0) is 0 Å². The lowest BCUT2D eigenvalue weighted by Gasteiger charge is -2.07. The van der Waals surface area contributed by atoms with Gasteiger partial charge in [-0.05, 0) is 61.7 Å². The van der Waals surface area contributed by atoms with Crippen molar-refractivity contribution in [3.8, 4) is 0 Å². The average Bonchev–Trinajstić information content (AvgIpc) is 2.46. The van der Waals surface area contributed by atoms with E-state index in [2.05, 4.69) is 61.4 Å². The highest BCUT2D eigenvalue weighted by molar-refractivity contribution is 5.82. The van der Waals surface area contributed by atoms with Crippen molar-refractivity contribution >= 4 is 16.5 Å². The summed E-state index contributed by atoms with van der Waals surface area (Å²) in [6.07, 6.45) is 5.22. The SMILES string of the molecule is C/C(=C/CCNCC(C)C)c1ccc2ncccc2c1. The molecule has 0 unspecified atom stereocenters. The van der Waals surface area contributed by atoms with Crippen LogP contribution < -0.4 is 5.32 Å². The minimum atomic E-state index is 0.716. The van der Waals surface area contributed by atoms with Gasteiger partial charge < -0.3 is 5.32 Å². The number of benzene rings is 1. The molecule has 0 amide bonds. The molecule has 0 aliphatic heterocycles. The van der Waals surface area contributed by atoms with Gasteiger partial charge in [0.1, 0.15) is 0 Å². The standard InChI is InChI=1S/C18H24N2/c1-14(2)13-19-10-4-6-15(3)16-8-9-18-17(12-16)7-5-11-20-18/h5-9,11-12,14,19H,4,10,13H2,1-3H3/b15-6-. The summed E-state index contributed by atoms with van der Waals surface area (Å²) in [5.41, 5.74) is 3.68. The summed E-state index contributed by atoms with van der Waals surface area (Å²) in [5, 5.41) is 4.67. The van der Waals surface area contributed by atoms with Gasteiger partial charge in [0.2, 0.25) is 0 Å². The molecule has 1 heterocycles. The Kier molecular flexibility index (Phi) is 5.31. The Morgan fingerprint density at radius 2 is 2.15 bits per heavy atom. The van der Waals surface area contributed by atoms with Crippen LogP contribution in [0.25, 0.3) is 16.5 Å². The highest BCUT2D eigenvalue weighted by Crippen LogP contribution is 2.19. The number of hydrogen-bond donors (Lipinski definition) is 1. The van der Waals surface area contributed by atoms with Crippen molar-refractivity contribution in [3.63, 3.8) is 0 Å². The predicted octanol–water partition coefficient (Wildman–Crippen LogP) is 4.27. The number of hydrogen-bond acceptors (Lipinski definition) is 2. The second-order valence-corrected chi connectivity index (χ2v) is 5.68. The summed E-state index contributed by atoms with van der Waals surface area (Å²) < 4.78 is 0. The van der Waals surface area contributed by atoms with Crippen molar-refractivity contribution in [2.24, 2.45) is 5.92 Å². The monoisotopic (exact) mass is 268 g/mol. The molecule has 2 heteroatoms. The fourth-order valence-corrected chi connectivity index (χ4v) is 2.22. The third-order valence-electron chi connectivity index (χ3n) is 3.38. The fraction of sp³-hybridized carbons (Fsp3) is 0.389. The maximum atomic E-state index is 4.36. The Bertz CT molecular complexity index is 585. The van der Waals surface area contributed by atoms with Crippen LogP contribution in [0.15, 0.2) is 42.6 Å². The third kappa shape index (κ3) is 4.17. The van der Waals surface area contributed by atoms with Gasteiger partial charge in [-0.1, -0.05) is 32.1 Å². The fourth-order valence-electron chi connectivity index (χ4n) is 2.22. The van der Waals surface area contributed by atoms with Crippen LogP contribution >= 0.6 is 0 Å². The van der Waals surface area contributed by atoms with E-state index in [0.717, 1.165) is 25.0 Å². The number of fused-ring (bicyclic) bond motifs is 1. The van der Waals surface area contributed by atoms with Crippen molar-refractivity contribution < 1.29 is 0 Å². The van der Waals surface area contributed by atoms with E-state index in [9.17, 15) is 0 Å². The molecule has 1 aromatic heterocycles. The molecule has 0 fully saturated rings. The first-order chi connectivity index (χ1) is 9.66. The van der Waals surface area contributed by atoms with Crippen LogP contribution in [0.1, 0.15) is 32.8 Å². The van der Waals surface area contributed by atoms with Gasteiger partial charge in [-0.3, -0.25) is 4.98 Å². The lowest BCUT2D eigenvalue weighted by Crippen LogP contribution is -2.20. The molecular formula is C18H24N2. The van der Waals surface area contributed by atoms with Crippen LogP contribution in [0, 0.1) is 5.92 Å². The molecule has 0 aliphatic carbocycles. The Labute approximate surface area is 121 Å². The number of rotatable bonds is 6. The molecule has 1 aromatic carbocycles. The van der Waals surface area contributed by atoms with E-state index >= 15 is 0 Å². The third-order valence-corrected chi connectivity index (χ3v) is 3.38. The van der Waals surface area contributed by atoms with Gasteiger partial charge in [0.05, 0.1) is 5.52 Å². The first-order valence-electron chi connectivity index (χ1n) is 7.39. The first-order valence-corrected chi connectivity index (χ1v) is 7.39. The largest absolute Gasteiger partial charge is 0.316 e. The van der Waals surface area contributed by atoms with Crippen molar-refractivity contribution in [2.75, 3.05) is 13.1 Å². The first kappa shape index (κ1) is 14.7. The molecule has 20 heavy (non-hydrogen) atoms. The van der Waals surface area contributed by atoms with E-state index in [1.807, 2.05) is 12.3 Å². The van der Waals surface area contributed by atoms with Crippen molar-refractivity contribution in [1.82, 2.24) is 10.3 Å². The maximum absolute atomic E-state index is 4.36. The van der Waals surface area contributed by atoms with Gasteiger partial charge in [-0.15, -0.1) is 0 Å². The zero-order valence-electron chi connectivity index (χ0n) is 12.7. The summed E-state index contributed by atoms with van der Waals surface area (Å²) >= 11 is 0. The van der Waals surface area contributed by atoms with E-state index in [0.29, 0.717) is 5.92 Å². The van der Waals surface area contributed by atoms with E-state index in [-0.39, 0.29) is 0 Å². The lowest BCUT2D eigenvalue weighted by atomic mass is 10.0. The van der Waals surface area contributed by atoms with Gasteiger partial charge in [0, 0.05) is 11.6 Å². The number of nitrogens with one attached hydrogen (secondary N) is 1.